The smallest absolute Gasteiger partial charge is 0.257 e. The minimum absolute atomic E-state index is 0.219. The molecule has 0 aliphatic carbocycles. The predicted octanol–water partition coefficient (Wildman–Crippen LogP) is 3.21. The number of piperazine rings is 1. The molecule has 10 heteroatoms. The van der Waals surface area contributed by atoms with Crippen LogP contribution in [0.2, 0.25) is 0 Å². The fraction of sp³-hybridized carbons (Fsp3) is 0.333. The Labute approximate surface area is 196 Å². The van der Waals surface area contributed by atoms with Crippen LogP contribution >= 0.6 is 0 Å². The van der Waals surface area contributed by atoms with Gasteiger partial charge in [-0.3, -0.25) is 4.79 Å². The van der Waals surface area contributed by atoms with E-state index in [4.69, 9.17) is 0 Å². The van der Waals surface area contributed by atoms with Gasteiger partial charge in [0.2, 0.25) is 5.95 Å². The first kappa shape index (κ1) is 22.0. The van der Waals surface area contributed by atoms with Gasteiger partial charge >= 0.3 is 0 Å². The fourth-order valence-electron chi connectivity index (χ4n) is 4.65. The molecule has 4 aromatic rings. The van der Waals surface area contributed by atoms with Gasteiger partial charge in [-0.25, -0.2) is 19.3 Å². The molecule has 1 aliphatic heterocycles. The molecule has 34 heavy (non-hydrogen) atoms. The number of amides is 1. The SMILES string of the molecule is CNc1ncc2c(N3C[C@@H](C)N[C@H](C)C3)ccc(C(=O)Nc3cc(F)c4nc(C)cn4c3)c2n1. The zero-order valence-corrected chi connectivity index (χ0v) is 19.6. The van der Waals surface area contributed by atoms with E-state index in [1.807, 2.05) is 6.07 Å². The quantitative estimate of drug-likeness (QED) is 0.428. The Morgan fingerprint density at radius 2 is 1.94 bits per heavy atom. The van der Waals surface area contributed by atoms with E-state index in [0.717, 1.165) is 24.2 Å². The lowest BCUT2D eigenvalue weighted by molar-refractivity contribution is 0.102. The molecule has 0 spiro atoms. The van der Waals surface area contributed by atoms with Crippen LogP contribution in [0.4, 0.5) is 21.7 Å². The summed E-state index contributed by atoms with van der Waals surface area (Å²) in [6.07, 6.45) is 5.10. The van der Waals surface area contributed by atoms with E-state index in [2.05, 4.69) is 49.6 Å². The molecule has 0 saturated carbocycles. The number of benzene rings is 1. The van der Waals surface area contributed by atoms with Gasteiger partial charge in [0.1, 0.15) is 0 Å². The number of anilines is 3. The number of nitrogens with zero attached hydrogens (tertiary/aromatic N) is 5. The molecule has 1 fully saturated rings. The van der Waals surface area contributed by atoms with Gasteiger partial charge in [-0.15, -0.1) is 0 Å². The van der Waals surface area contributed by atoms with E-state index in [-0.39, 0.29) is 11.6 Å². The summed E-state index contributed by atoms with van der Waals surface area (Å²) in [5, 5.41) is 10.1. The van der Waals surface area contributed by atoms with Crippen molar-refractivity contribution in [1.82, 2.24) is 24.7 Å². The Bertz CT molecular complexity index is 1390. The van der Waals surface area contributed by atoms with Crippen LogP contribution in [0.15, 0.2) is 36.8 Å². The van der Waals surface area contributed by atoms with Crippen LogP contribution in [0.3, 0.4) is 0 Å². The number of nitrogens with one attached hydrogen (secondary N) is 3. The number of carbonyl (C=O) groups is 1. The summed E-state index contributed by atoms with van der Waals surface area (Å²) in [4.78, 5) is 28.8. The second kappa shape index (κ2) is 8.53. The highest BCUT2D eigenvalue weighted by Gasteiger charge is 2.24. The highest BCUT2D eigenvalue weighted by atomic mass is 19.1. The zero-order chi connectivity index (χ0) is 24.0. The average Bonchev–Trinajstić information content (AvgIpc) is 3.18. The van der Waals surface area contributed by atoms with Crippen molar-refractivity contribution in [3.63, 3.8) is 0 Å². The number of fused-ring (bicyclic) bond motifs is 2. The van der Waals surface area contributed by atoms with Crippen molar-refractivity contribution in [2.75, 3.05) is 35.7 Å². The van der Waals surface area contributed by atoms with Crippen LogP contribution in [0, 0.1) is 12.7 Å². The number of pyridine rings is 1. The molecule has 0 bridgehead atoms. The van der Waals surface area contributed by atoms with Crippen LogP contribution in [-0.4, -0.2) is 57.5 Å². The highest BCUT2D eigenvalue weighted by molar-refractivity contribution is 6.14. The minimum atomic E-state index is -0.507. The normalized spacial score (nSPS) is 18.4. The molecule has 2 atom stereocenters. The molecule has 1 aliphatic rings. The van der Waals surface area contributed by atoms with E-state index in [1.165, 1.54) is 6.07 Å². The molecule has 9 nitrogen and oxygen atoms in total. The Morgan fingerprint density at radius 1 is 1.18 bits per heavy atom. The molecule has 3 aromatic heterocycles. The number of aryl methyl sites for hydroxylation is 1. The maximum absolute atomic E-state index is 14.5. The average molecular weight is 463 g/mol. The van der Waals surface area contributed by atoms with Gasteiger partial charge < -0.3 is 25.3 Å². The van der Waals surface area contributed by atoms with Crippen LogP contribution < -0.4 is 20.9 Å². The molecule has 176 valence electrons. The maximum Gasteiger partial charge on any atom is 0.257 e. The van der Waals surface area contributed by atoms with Gasteiger partial charge in [0, 0.05) is 68.0 Å². The molecule has 4 heterocycles. The summed E-state index contributed by atoms with van der Waals surface area (Å²) >= 11 is 0. The van der Waals surface area contributed by atoms with Gasteiger partial charge in [-0.1, -0.05) is 0 Å². The number of hydrogen-bond donors (Lipinski definition) is 3. The summed E-state index contributed by atoms with van der Waals surface area (Å²) in [6, 6.07) is 5.64. The van der Waals surface area contributed by atoms with E-state index in [0.29, 0.717) is 40.5 Å². The predicted molar refractivity (Wildman–Crippen MR) is 131 cm³/mol. The first-order valence-electron chi connectivity index (χ1n) is 11.3. The number of halogens is 1. The monoisotopic (exact) mass is 462 g/mol. The van der Waals surface area contributed by atoms with E-state index in [9.17, 15) is 9.18 Å². The van der Waals surface area contributed by atoms with Crippen molar-refractivity contribution in [1.29, 1.82) is 0 Å². The molecule has 0 radical (unpaired) electrons. The summed E-state index contributed by atoms with van der Waals surface area (Å²) in [7, 11) is 1.73. The Kier molecular flexibility index (Phi) is 5.52. The van der Waals surface area contributed by atoms with Gasteiger partial charge in [0.05, 0.1) is 22.5 Å². The zero-order valence-electron chi connectivity index (χ0n) is 19.6. The van der Waals surface area contributed by atoms with E-state index >= 15 is 0 Å². The molecule has 1 amide bonds. The third kappa shape index (κ3) is 4.01. The molecule has 3 N–H and O–H groups in total. The minimum Gasteiger partial charge on any atom is -0.368 e. The Morgan fingerprint density at radius 3 is 2.68 bits per heavy atom. The fourth-order valence-corrected chi connectivity index (χ4v) is 4.65. The highest BCUT2D eigenvalue weighted by Crippen LogP contribution is 2.30. The molecule has 5 rings (SSSR count). The lowest BCUT2D eigenvalue weighted by Gasteiger charge is -2.38. The van der Waals surface area contributed by atoms with Crippen molar-refractivity contribution >= 4 is 39.8 Å². The molecule has 1 saturated heterocycles. The topological polar surface area (TPSA) is 99.5 Å². The summed E-state index contributed by atoms with van der Waals surface area (Å²) < 4.78 is 16.1. The second-order valence-corrected chi connectivity index (χ2v) is 8.86. The maximum atomic E-state index is 14.5. The van der Waals surface area contributed by atoms with Crippen molar-refractivity contribution in [3.8, 4) is 0 Å². The second-order valence-electron chi connectivity index (χ2n) is 8.86. The van der Waals surface area contributed by atoms with Crippen molar-refractivity contribution in [2.24, 2.45) is 0 Å². The van der Waals surface area contributed by atoms with Crippen LogP contribution in [0.1, 0.15) is 29.9 Å². The first-order chi connectivity index (χ1) is 16.3. The largest absolute Gasteiger partial charge is 0.368 e. The Hall–Kier alpha value is -3.79. The van der Waals surface area contributed by atoms with E-state index in [1.54, 1.807) is 43.0 Å². The van der Waals surface area contributed by atoms with Gasteiger partial charge in [0.15, 0.2) is 11.5 Å². The number of rotatable bonds is 4. The summed E-state index contributed by atoms with van der Waals surface area (Å²) in [6.45, 7) is 7.77. The van der Waals surface area contributed by atoms with Crippen LogP contribution in [0.25, 0.3) is 16.6 Å². The van der Waals surface area contributed by atoms with Crippen molar-refractivity contribution < 1.29 is 9.18 Å². The third-order valence-corrected chi connectivity index (χ3v) is 5.98. The summed E-state index contributed by atoms with van der Waals surface area (Å²) in [5.74, 6) is -0.468. The lowest BCUT2D eigenvalue weighted by Crippen LogP contribution is -2.54. The molecule has 0 unspecified atom stereocenters. The van der Waals surface area contributed by atoms with Crippen molar-refractivity contribution in [3.05, 3.63) is 53.9 Å². The number of imidazole rings is 1. The first-order valence-corrected chi connectivity index (χ1v) is 11.3. The van der Waals surface area contributed by atoms with E-state index < -0.39 is 5.82 Å². The van der Waals surface area contributed by atoms with Crippen molar-refractivity contribution in [2.45, 2.75) is 32.9 Å². The molecule has 1 aromatic carbocycles. The van der Waals surface area contributed by atoms with Gasteiger partial charge in [-0.05, 0) is 32.9 Å². The molecular weight excluding hydrogens is 435 g/mol. The summed E-state index contributed by atoms with van der Waals surface area (Å²) in [5.41, 5.74) is 3.14. The lowest BCUT2D eigenvalue weighted by atomic mass is 10.0. The van der Waals surface area contributed by atoms with Gasteiger partial charge in [-0.2, -0.15) is 0 Å². The van der Waals surface area contributed by atoms with Crippen LogP contribution in [0.5, 0.6) is 0 Å². The van der Waals surface area contributed by atoms with Gasteiger partial charge in [0.25, 0.3) is 5.91 Å². The number of aromatic nitrogens is 4. The number of carbonyl (C=O) groups excluding carboxylic acids is 1. The standard InChI is InChI=1S/C24H27FN8O/c1-13-9-32(10-14(2)28-13)20-6-5-17(21-18(20)8-27-24(26-4)31-21)23(34)30-16-7-19(25)22-29-15(3)11-33(22)12-16/h5-8,11-14,28H,9-10H2,1-4H3,(H,30,34)(H,26,27,31)/t13-,14-/m1/s1. The molecular formula is C24H27FN8O. The third-order valence-electron chi connectivity index (χ3n) is 5.98. The number of hydrogen-bond acceptors (Lipinski definition) is 7. The van der Waals surface area contributed by atoms with Crippen LogP contribution in [-0.2, 0) is 0 Å². The Balaban J connectivity index is 1.54.